The van der Waals surface area contributed by atoms with Gasteiger partial charge in [-0.3, -0.25) is 9.69 Å². The first-order chi connectivity index (χ1) is 4.75. The van der Waals surface area contributed by atoms with Gasteiger partial charge in [0.05, 0.1) is 0 Å². The summed E-state index contributed by atoms with van der Waals surface area (Å²) < 4.78 is 0. The predicted molar refractivity (Wildman–Crippen MR) is 34.5 cm³/mol. The van der Waals surface area contributed by atoms with Gasteiger partial charge in [-0.15, -0.1) is 0 Å². The third kappa shape index (κ3) is 1.03. The molecule has 4 heteroatoms. The molecule has 1 fully saturated rings. The quantitative estimate of drug-likeness (QED) is 0.494. The number of likely N-dealkylation sites (tertiary alicyclic amines) is 1. The lowest BCUT2D eigenvalue weighted by atomic mass is 10.2. The zero-order valence-electron chi connectivity index (χ0n) is 5.58. The molecule has 0 radical (unpaired) electrons. The molecule has 1 aliphatic heterocycles. The van der Waals surface area contributed by atoms with Gasteiger partial charge in [0, 0.05) is 6.54 Å². The van der Waals surface area contributed by atoms with E-state index in [2.05, 4.69) is 0 Å². The first-order valence-electron chi connectivity index (χ1n) is 3.21. The van der Waals surface area contributed by atoms with Gasteiger partial charge in [-0.2, -0.15) is 5.26 Å². The molecule has 0 aliphatic carbocycles. The zero-order valence-corrected chi connectivity index (χ0v) is 5.58. The van der Waals surface area contributed by atoms with Crippen LogP contribution < -0.4 is 5.73 Å². The number of nitriles is 1. The molecule has 0 spiro atoms. The van der Waals surface area contributed by atoms with Crippen molar-refractivity contribution in [2.24, 2.45) is 5.73 Å². The molecule has 0 aromatic carbocycles. The summed E-state index contributed by atoms with van der Waals surface area (Å²) in [5.41, 5.74) is 5.03. The molecule has 1 aliphatic rings. The fourth-order valence-corrected chi connectivity index (χ4v) is 1.18. The lowest BCUT2D eigenvalue weighted by Gasteiger charge is -2.13. The van der Waals surface area contributed by atoms with E-state index >= 15 is 0 Å². The van der Waals surface area contributed by atoms with Gasteiger partial charge < -0.3 is 5.73 Å². The molecule has 10 heavy (non-hydrogen) atoms. The van der Waals surface area contributed by atoms with Crippen molar-refractivity contribution in [3.8, 4) is 6.19 Å². The van der Waals surface area contributed by atoms with Gasteiger partial charge in [-0.25, -0.2) is 0 Å². The van der Waals surface area contributed by atoms with Crippen molar-refractivity contribution in [3.05, 3.63) is 0 Å². The second-order valence-corrected chi connectivity index (χ2v) is 2.35. The zero-order chi connectivity index (χ0) is 7.56. The molecule has 4 nitrogen and oxygen atoms in total. The number of rotatable bonds is 1. The smallest absolute Gasteiger partial charge is 0.240 e. The molecule has 1 saturated heterocycles. The first kappa shape index (κ1) is 6.87. The molecule has 0 saturated carbocycles. The van der Waals surface area contributed by atoms with Gasteiger partial charge >= 0.3 is 0 Å². The third-order valence-electron chi connectivity index (χ3n) is 1.71. The van der Waals surface area contributed by atoms with Crippen molar-refractivity contribution < 1.29 is 4.79 Å². The van der Waals surface area contributed by atoms with Crippen LogP contribution in [-0.4, -0.2) is 23.4 Å². The third-order valence-corrected chi connectivity index (χ3v) is 1.71. The van der Waals surface area contributed by atoms with Crippen LogP contribution in [0.4, 0.5) is 0 Å². The van der Waals surface area contributed by atoms with Crippen molar-refractivity contribution in [2.45, 2.75) is 18.9 Å². The molecule has 1 heterocycles. The normalized spacial score (nSPS) is 24.3. The van der Waals surface area contributed by atoms with E-state index in [1.807, 2.05) is 6.19 Å². The Balaban J connectivity index is 2.61. The van der Waals surface area contributed by atoms with Crippen LogP contribution >= 0.6 is 0 Å². The number of nitrogens with zero attached hydrogens (tertiary/aromatic N) is 2. The van der Waals surface area contributed by atoms with E-state index in [0.717, 1.165) is 12.8 Å². The Morgan fingerprint density at radius 2 is 2.50 bits per heavy atom. The average molecular weight is 139 g/mol. The highest BCUT2D eigenvalue weighted by Gasteiger charge is 2.27. The summed E-state index contributed by atoms with van der Waals surface area (Å²) >= 11 is 0. The van der Waals surface area contributed by atoms with Crippen molar-refractivity contribution in [1.82, 2.24) is 4.90 Å². The molecule has 1 rings (SSSR count). The number of amides is 1. The molecular weight excluding hydrogens is 130 g/mol. The van der Waals surface area contributed by atoms with Gasteiger partial charge in [0.1, 0.15) is 6.04 Å². The van der Waals surface area contributed by atoms with Gasteiger partial charge in [-0.05, 0) is 12.8 Å². The molecular formula is C6H9N3O. The summed E-state index contributed by atoms with van der Waals surface area (Å²) in [6.07, 6.45) is 3.54. The van der Waals surface area contributed by atoms with Crippen LogP contribution in [0, 0.1) is 11.5 Å². The second kappa shape index (κ2) is 2.56. The van der Waals surface area contributed by atoms with Crippen LogP contribution in [0.25, 0.3) is 0 Å². The number of carbonyl (C=O) groups is 1. The highest BCUT2D eigenvalue weighted by atomic mass is 16.1. The largest absolute Gasteiger partial charge is 0.368 e. The van der Waals surface area contributed by atoms with Crippen molar-refractivity contribution in [3.63, 3.8) is 0 Å². The van der Waals surface area contributed by atoms with Crippen LogP contribution in [0.1, 0.15) is 12.8 Å². The molecule has 2 N–H and O–H groups in total. The Morgan fingerprint density at radius 1 is 1.80 bits per heavy atom. The van der Waals surface area contributed by atoms with Crippen molar-refractivity contribution in [2.75, 3.05) is 6.54 Å². The Kier molecular flexibility index (Phi) is 1.76. The van der Waals surface area contributed by atoms with E-state index in [-0.39, 0.29) is 11.9 Å². The molecule has 1 amide bonds. The maximum absolute atomic E-state index is 10.6. The van der Waals surface area contributed by atoms with Gasteiger partial charge in [0.2, 0.25) is 5.91 Å². The summed E-state index contributed by atoms with van der Waals surface area (Å²) in [6, 6.07) is -0.343. The fourth-order valence-electron chi connectivity index (χ4n) is 1.18. The number of primary amides is 1. The SMILES string of the molecule is N#CN1CCC[C@H]1C(N)=O. The summed E-state index contributed by atoms with van der Waals surface area (Å²) in [7, 11) is 0. The fraction of sp³-hybridized carbons (Fsp3) is 0.667. The average Bonchev–Trinajstić information content (AvgIpc) is 2.33. The van der Waals surface area contributed by atoms with E-state index in [0.29, 0.717) is 6.54 Å². The Morgan fingerprint density at radius 3 is 2.90 bits per heavy atom. The summed E-state index contributed by atoms with van der Waals surface area (Å²) in [6.45, 7) is 0.671. The lowest BCUT2D eigenvalue weighted by molar-refractivity contribution is -0.121. The highest BCUT2D eigenvalue weighted by Crippen LogP contribution is 2.14. The minimum atomic E-state index is -0.390. The van der Waals surface area contributed by atoms with Gasteiger partial charge in [-0.1, -0.05) is 0 Å². The molecule has 0 unspecified atom stereocenters. The minimum absolute atomic E-state index is 0.343. The number of carbonyl (C=O) groups excluding carboxylic acids is 1. The number of nitrogens with two attached hydrogens (primary N) is 1. The molecule has 0 aromatic heterocycles. The Hall–Kier alpha value is -1.24. The van der Waals surface area contributed by atoms with Crippen LogP contribution in [0.15, 0.2) is 0 Å². The second-order valence-electron chi connectivity index (χ2n) is 2.35. The molecule has 0 bridgehead atoms. The first-order valence-corrected chi connectivity index (χ1v) is 3.21. The maximum atomic E-state index is 10.6. The molecule has 0 aromatic rings. The summed E-state index contributed by atoms with van der Waals surface area (Å²) in [4.78, 5) is 12.0. The topological polar surface area (TPSA) is 70.1 Å². The van der Waals surface area contributed by atoms with E-state index in [9.17, 15) is 4.79 Å². The lowest BCUT2D eigenvalue weighted by Crippen LogP contribution is -2.37. The van der Waals surface area contributed by atoms with Crippen molar-refractivity contribution >= 4 is 5.91 Å². The number of hydrogen-bond donors (Lipinski definition) is 1. The van der Waals surface area contributed by atoms with Gasteiger partial charge in [0.25, 0.3) is 0 Å². The van der Waals surface area contributed by atoms with Crippen LogP contribution in [-0.2, 0) is 4.79 Å². The van der Waals surface area contributed by atoms with Crippen LogP contribution in [0.5, 0.6) is 0 Å². The standard InChI is InChI=1S/C6H9N3O/c7-4-9-3-1-2-5(9)6(8)10/h5H,1-3H2,(H2,8,10)/t5-/m0/s1. The van der Waals surface area contributed by atoms with E-state index in [4.69, 9.17) is 11.0 Å². The molecule has 1 atom stereocenters. The van der Waals surface area contributed by atoms with E-state index in [1.54, 1.807) is 0 Å². The highest BCUT2D eigenvalue weighted by molar-refractivity contribution is 5.80. The van der Waals surface area contributed by atoms with Crippen LogP contribution in [0.2, 0.25) is 0 Å². The minimum Gasteiger partial charge on any atom is -0.368 e. The number of hydrogen-bond acceptors (Lipinski definition) is 3. The summed E-state index contributed by atoms with van der Waals surface area (Å²) in [5, 5.41) is 8.45. The Labute approximate surface area is 59.2 Å². The predicted octanol–water partition coefficient (Wildman–Crippen LogP) is -0.583. The van der Waals surface area contributed by atoms with Crippen molar-refractivity contribution in [1.29, 1.82) is 5.26 Å². The maximum Gasteiger partial charge on any atom is 0.240 e. The molecule has 54 valence electrons. The Bertz CT molecular complexity index is 184. The van der Waals surface area contributed by atoms with E-state index in [1.165, 1.54) is 4.90 Å². The van der Waals surface area contributed by atoms with Gasteiger partial charge in [0.15, 0.2) is 6.19 Å². The summed E-state index contributed by atoms with van der Waals surface area (Å²) in [5.74, 6) is -0.390. The van der Waals surface area contributed by atoms with E-state index < -0.39 is 0 Å². The monoisotopic (exact) mass is 139 g/mol. The van der Waals surface area contributed by atoms with Crippen LogP contribution in [0.3, 0.4) is 0 Å².